The van der Waals surface area contributed by atoms with Crippen molar-refractivity contribution in [1.82, 2.24) is 4.90 Å². The summed E-state index contributed by atoms with van der Waals surface area (Å²) < 4.78 is 29.2. The Hall–Kier alpha value is -1.90. The zero-order valence-electron chi connectivity index (χ0n) is 13.4. The maximum Gasteiger partial charge on any atom is 0.283 e. The van der Waals surface area contributed by atoms with E-state index >= 15 is 0 Å². The topological polar surface area (TPSA) is 78.8 Å². The second kappa shape index (κ2) is 7.15. The van der Waals surface area contributed by atoms with Gasteiger partial charge >= 0.3 is 0 Å². The highest BCUT2D eigenvalue weighted by Gasteiger charge is 2.20. The maximum atomic E-state index is 12.4. The number of likely N-dealkylation sites (tertiary alicyclic amines) is 1. The number of amidine groups is 1. The lowest BCUT2D eigenvalue weighted by atomic mass is 10.3. The fourth-order valence-corrected chi connectivity index (χ4v) is 4.47. The van der Waals surface area contributed by atoms with E-state index in [1.165, 1.54) is 23.5 Å². The minimum Gasteiger partial charge on any atom is -0.362 e. The van der Waals surface area contributed by atoms with Crippen LogP contribution in [0.15, 0.2) is 45.7 Å². The molecule has 132 valence electrons. The molecule has 0 spiro atoms. The fourth-order valence-electron chi connectivity index (χ4n) is 2.44. The Morgan fingerprint density at radius 3 is 2.52 bits per heavy atom. The number of nitrogens with zero attached hydrogens (tertiary/aromatic N) is 2. The van der Waals surface area contributed by atoms with Gasteiger partial charge in [0.25, 0.3) is 15.9 Å². The summed E-state index contributed by atoms with van der Waals surface area (Å²) in [5.41, 5.74) is 0.499. The lowest BCUT2D eigenvalue weighted by molar-refractivity contribution is 0.103. The average Bonchev–Trinajstić information content (AvgIpc) is 3.17. The van der Waals surface area contributed by atoms with Gasteiger partial charge < -0.3 is 10.2 Å². The highest BCUT2D eigenvalue weighted by atomic mass is 35.5. The summed E-state index contributed by atoms with van der Waals surface area (Å²) in [7, 11) is -1.92. The van der Waals surface area contributed by atoms with Gasteiger partial charge in [-0.3, -0.25) is 4.79 Å². The Kier molecular flexibility index (Phi) is 5.12. The summed E-state index contributed by atoms with van der Waals surface area (Å²) in [6, 6.07) is 9.24. The molecule has 0 aliphatic carbocycles. The predicted molar refractivity (Wildman–Crippen MR) is 100 cm³/mol. The molecule has 1 aromatic carbocycles. The smallest absolute Gasteiger partial charge is 0.283 e. The monoisotopic (exact) mass is 397 g/mol. The van der Waals surface area contributed by atoms with E-state index in [1.54, 1.807) is 24.3 Å². The van der Waals surface area contributed by atoms with Crippen LogP contribution < -0.4 is 5.32 Å². The Balaban J connectivity index is 1.74. The largest absolute Gasteiger partial charge is 0.362 e. The van der Waals surface area contributed by atoms with Crippen LogP contribution in [0, 0.1) is 0 Å². The predicted octanol–water partition coefficient (Wildman–Crippen LogP) is 3.47. The molecular weight excluding hydrogens is 382 g/mol. The van der Waals surface area contributed by atoms with Crippen LogP contribution in [0.25, 0.3) is 0 Å². The molecule has 0 saturated carbocycles. The first-order valence-corrected chi connectivity index (χ1v) is 10.2. The molecule has 0 bridgehead atoms. The standard InChI is InChI=1S/C16H16ClN3O3S2/c1-20-10-2-3-15(20)19-25(22,23)12-6-4-11(5-7-12)18-16(21)13-8-9-14(17)24-13/h4-9H,2-3,10H2,1H3,(H,18,21)/b19-15-. The van der Waals surface area contributed by atoms with Gasteiger partial charge in [-0.1, -0.05) is 11.6 Å². The van der Waals surface area contributed by atoms with E-state index in [4.69, 9.17) is 11.6 Å². The van der Waals surface area contributed by atoms with Crippen LogP contribution >= 0.6 is 22.9 Å². The molecule has 1 aliphatic rings. The molecule has 1 amide bonds. The number of anilines is 1. The highest BCUT2D eigenvalue weighted by molar-refractivity contribution is 7.90. The quantitative estimate of drug-likeness (QED) is 0.856. The molecular formula is C16H16ClN3O3S2. The third-order valence-electron chi connectivity index (χ3n) is 3.77. The zero-order chi connectivity index (χ0) is 18.0. The van der Waals surface area contributed by atoms with E-state index in [1.807, 2.05) is 11.9 Å². The van der Waals surface area contributed by atoms with Gasteiger partial charge in [-0.15, -0.1) is 15.7 Å². The van der Waals surface area contributed by atoms with Crippen LogP contribution in [0.2, 0.25) is 4.34 Å². The molecule has 1 fully saturated rings. The highest BCUT2D eigenvalue weighted by Crippen LogP contribution is 2.23. The summed E-state index contributed by atoms with van der Waals surface area (Å²) in [6.07, 6.45) is 1.57. The summed E-state index contributed by atoms with van der Waals surface area (Å²) >= 11 is 6.99. The molecule has 6 nitrogen and oxygen atoms in total. The lowest BCUT2D eigenvalue weighted by Gasteiger charge is -2.11. The van der Waals surface area contributed by atoms with E-state index in [9.17, 15) is 13.2 Å². The molecule has 2 heterocycles. The van der Waals surface area contributed by atoms with Crippen LogP contribution in [-0.2, 0) is 10.0 Å². The van der Waals surface area contributed by atoms with E-state index in [0.29, 0.717) is 27.2 Å². The molecule has 1 N–H and O–H groups in total. The van der Waals surface area contributed by atoms with Crippen LogP contribution in [-0.4, -0.2) is 38.7 Å². The van der Waals surface area contributed by atoms with Crippen LogP contribution in [0.1, 0.15) is 22.5 Å². The molecule has 1 saturated heterocycles. The SMILES string of the molecule is CN1CCC/C1=N/S(=O)(=O)c1ccc(NC(=O)c2ccc(Cl)s2)cc1. The van der Waals surface area contributed by atoms with Crippen molar-refractivity contribution in [3.8, 4) is 0 Å². The number of benzene rings is 1. The molecule has 1 aliphatic heterocycles. The van der Waals surface area contributed by atoms with Gasteiger partial charge in [0.2, 0.25) is 0 Å². The fraction of sp³-hybridized carbons (Fsp3) is 0.250. The second-order valence-corrected chi connectivity index (χ2v) is 8.91. The van der Waals surface area contributed by atoms with Crippen molar-refractivity contribution >= 4 is 50.4 Å². The average molecular weight is 398 g/mol. The number of hydrogen-bond acceptors (Lipinski definition) is 4. The van der Waals surface area contributed by atoms with Crippen molar-refractivity contribution in [3.05, 3.63) is 45.6 Å². The normalized spacial score (nSPS) is 16.4. The van der Waals surface area contributed by atoms with E-state index in [2.05, 4.69) is 9.71 Å². The van der Waals surface area contributed by atoms with Crippen molar-refractivity contribution in [2.45, 2.75) is 17.7 Å². The lowest BCUT2D eigenvalue weighted by Crippen LogP contribution is -2.20. The molecule has 25 heavy (non-hydrogen) atoms. The molecule has 0 radical (unpaired) electrons. The number of sulfonamides is 1. The van der Waals surface area contributed by atoms with Crippen molar-refractivity contribution in [1.29, 1.82) is 0 Å². The van der Waals surface area contributed by atoms with Crippen molar-refractivity contribution in [2.24, 2.45) is 4.40 Å². The summed E-state index contributed by atoms with van der Waals surface area (Å²) in [5.74, 6) is 0.285. The van der Waals surface area contributed by atoms with Gasteiger partial charge in [-0.25, -0.2) is 0 Å². The molecule has 0 atom stereocenters. The Labute approximate surface area is 155 Å². The maximum absolute atomic E-state index is 12.4. The summed E-state index contributed by atoms with van der Waals surface area (Å²) in [6.45, 7) is 0.812. The van der Waals surface area contributed by atoms with Crippen molar-refractivity contribution < 1.29 is 13.2 Å². The van der Waals surface area contributed by atoms with Crippen LogP contribution in [0.3, 0.4) is 0 Å². The Bertz CT molecular complexity index is 920. The van der Waals surface area contributed by atoms with Crippen LogP contribution in [0.5, 0.6) is 0 Å². The molecule has 1 aromatic heterocycles. The van der Waals surface area contributed by atoms with Gasteiger partial charge in [0, 0.05) is 25.7 Å². The third kappa shape index (κ3) is 4.20. The molecule has 9 heteroatoms. The molecule has 3 rings (SSSR count). The minimum absolute atomic E-state index is 0.0949. The number of rotatable bonds is 4. The first-order chi connectivity index (χ1) is 11.8. The number of nitrogens with one attached hydrogen (secondary N) is 1. The van der Waals surface area contributed by atoms with Gasteiger partial charge in [0.1, 0.15) is 5.84 Å². The molecule has 2 aromatic rings. The van der Waals surface area contributed by atoms with Crippen molar-refractivity contribution in [2.75, 3.05) is 18.9 Å². The first-order valence-electron chi connectivity index (χ1n) is 7.57. The number of hydrogen-bond donors (Lipinski definition) is 1. The van der Waals surface area contributed by atoms with E-state index < -0.39 is 10.0 Å². The van der Waals surface area contributed by atoms with Crippen LogP contribution in [0.4, 0.5) is 5.69 Å². The summed E-state index contributed by atoms with van der Waals surface area (Å²) in [5, 5.41) is 2.70. The van der Waals surface area contributed by atoms with Gasteiger partial charge in [-0.2, -0.15) is 8.42 Å². The first kappa shape index (κ1) is 17.9. The number of halogens is 1. The van der Waals surface area contributed by atoms with Gasteiger partial charge in [0.15, 0.2) is 0 Å². The van der Waals surface area contributed by atoms with Gasteiger partial charge in [-0.05, 0) is 42.8 Å². The number of carbonyl (C=O) groups is 1. The van der Waals surface area contributed by atoms with E-state index in [0.717, 1.165) is 13.0 Å². The number of carbonyl (C=O) groups excluding carboxylic acids is 1. The van der Waals surface area contributed by atoms with Gasteiger partial charge in [0.05, 0.1) is 14.1 Å². The van der Waals surface area contributed by atoms with Crippen molar-refractivity contribution in [3.63, 3.8) is 0 Å². The minimum atomic E-state index is -3.75. The number of amides is 1. The second-order valence-electron chi connectivity index (χ2n) is 5.59. The number of thiophene rings is 1. The Morgan fingerprint density at radius 1 is 1.24 bits per heavy atom. The van der Waals surface area contributed by atoms with E-state index in [-0.39, 0.29) is 10.8 Å². The summed E-state index contributed by atoms with van der Waals surface area (Å²) in [4.78, 5) is 14.5. The zero-order valence-corrected chi connectivity index (χ0v) is 15.8. The third-order valence-corrected chi connectivity index (χ3v) is 6.32. The molecule has 0 unspecified atom stereocenters. The Morgan fingerprint density at radius 2 is 1.96 bits per heavy atom.